The average Bonchev–Trinajstić information content (AvgIpc) is 3.49. The predicted molar refractivity (Wildman–Crippen MR) is 132 cm³/mol. The van der Waals surface area contributed by atoms with Crippen LogP contribution in [0.4, 0.5) is 5.00 Å². The van der Waals surface area contributed by atoms with Gasteiger partial charge in [-0.15, -0.1) is 11.3 Å². The number of furan rings is 1. The third kappa shape index (κ3) is 4.04. The second-order valence-electron chi connectivity index (χ2n) is 7.44. The van der Waals surface area contributed by atoms with E-state index in [-0.39, 0.29) is 33.8 Å². The van der Waals surface area contributed by atoms with Gasteiger partial charge in [0.25, 0.3) is 11.5 Å². The fraction of sp³-hybridized carbons (Fsp3) is 0.120. The Kier molecular flexibility index (Phi) is 5.79. The second-order valence-corrected chi connectivity index (χ2v) is 8.32. The maximum absolute atomic E-state index is 13.5. The van der Waals surface area contributed by atoms with Crippen LogP contribution in [-0.2, 0) is 4.74 Å². The number of carbonyl (C=O) groups is 2. The van der Waals surface area contributed by atoms with Gasteiger partial charge in [0.2, 0.25) is 0 Å². The Hall–Kier alpha value is -4.44. The summed E-state index contributed by atoms with van der Waals surface area (Å²) < 4.78 is 17.2. The summed E-state index contributed by atoms with van der Waals surface area (Å²) in [6.45, 7) is 1.82. The first-order valence-electron chi connectivity index (χ1n) is 10.7. The van der Waals surface area contributed by atoms with Gasteiger partial charge in [-0.05, 0) is 31.2 Å². The molecule has 2 aromatic carbocycles. The molecule has 0 bridgehead atoms. The van der Waals surface area contributed by atoms with E-state index in [0.717, 1.165) is 21.4 Å². The van der Waals surface area contributed by atoms with Gasteiger partial charge in [-0.3, -0.25) is 9.59 Å². The molecule has 0 unspecified atom stereocenters. The van der Waals surface area contributed by atoms with Crippen molar-refractivity contribution in [2.45, 2.75) is 6.92 Å². The first-order valence-corrected chi connectivity index (χ1v) is 11.5. The van der Waals surface area contributed by atoms with Crippen LogP contribution in [0.2, 0.25) is 0 Å². The molecule has 5 rings (SSSR count). The van der Waals surface area contributed by atoms with Crippen LogP contribution in [-0.4, -0.2) is 35.4 Å². The van der Waals surface area contributed by atoms with Crippen molar-refractivity contribution in [2.75, 3.05) is 19.0 Å². The van der Waals surface area contributed by atoms with Gasteiger partial charge in [0.05, 0.1) is 24.8 Å². The number of fused-ring (bicyclic) bond motifs is 2. The van der Waals surface area contributed by atoms with E-state index in [9.17, 15) is 14.4 Å². The van der Waals surface area contributed by atoms with E-state index in [1.54, 1.807) is 48.7 Å². The minimum absolute atomic E-state index is 0.0373. The number of carbonyl (C=O) groups excluding carboxylic acids is 2. The van der Waals surface area contributed by atoms with Crippen LogP contribution in [0, 0.1) is 0 Å². The summed E-state index contributed by atoms with van der Waals surface area (Å²) >= 11 is 1.11. The normalized spacial score (nSPS) is 11.0. The lowest BCUT2D eigenvalue weighted by Gasteiger charge is -2.10. The molecule has 0 saturated carbocycles. The third-order valence-electron chi connectivity index (χ3n) is 5.30. The molecule has 0 aliphatic carbocycles. The molecule has 0 saturated heterocycles. The molecule has 0 fully saturated rings. The van der Waals surface area contributed by atoms with Crippen LogP contribution in [0.15, 0.2) is 69.2 Å². The minimum Gasteiger partial charge on any atom is -0.497 e. The van der Waals surface area contributed by atoms with Gasteiger partial charge in [-0.25, -0.2) is 4.79 Å². The van der Waals surface area contributed by atoms with Crippen LogP contribution in [0.5, 0.6) is 5.75 Å². The Morgan fingerprint density at radius 3 is 2.74 bits per heavy atom. The number of hydrogen-bond acceptors (Lipinski definition) is 8. The highest BCUT2D eigenvalue weighted by atomic mass is 32.1. The lowest BCUT2D eigenvalue weighted by atomic mass is 10.2. The standard InChI is InChI=1S/C25H19N3O6S/c1-3-33-25(31)21-17-13-35-23(26-22(29)19-11-14-7-4-5-10-18(14)34-19)20(17)24(30)28(27-21)15-8-6-9-16(12-15)32-2/h4-13H,3H2,1-2H3,(H,26,29). The van der Waals surface area contributed by atoms with Gasteiger partial charge in [0.15, 0.2) is 11.5 Å². The maximum atomic E-state index is 13.5. The summed E-state index contributed by atoms with van der Waals surface area (Å²) in [4.78, 5) is 39.2. The Morgan fingerprint density at radius 2 is 1.97 bits per heavy atom. The van der Waals surface area contributed by atoms with Crippen molar-refractivity contribution in [1.82, 2.24) is 9.78 Å². The number of aromatic nitrogens is 2. The number of methoxy groups -OCH3 is 1. The molecule has 9 nitrogen and oxygen atoms in total. The van der Waals surface area contributed by atoms with Crippen molar-refractivity contribution >= 4 is 50.0 Å². The van der Waals surface area contributed by atoms with Gasteiger partial charge in [0, 0.05) is 22.2 Å². The molecule has 1 N–H and O–H groups in total. The average molecular weight is 490 g/mol. The summed E-state index contributed by atoms with van der Waals surface area (Å²) in [5.41, 5.74) is 0.414. The molecule has 0 radical (unpaired) electrons. The first kappa shape index (κ1) is 22.4. The van der Waals surface area contributed by atoms with Crippen molar-refractivity contribution in [2.24, 2.45) is 0 Å². The number of benzene rings is 2. The van der Waals surface area contributed by atoms with Crippen LogP contribution in [0.1, 0.15) is 28.0 Å². The Bertz CT molecular complexity index is 1620. The molecule has 0 atom stereocenters. The van der Waals surface area contributed by atoms with Gasteiger partial charge in [-0.2, -0.15) is 9.78 Å². The van der Waals surface area contributed by atoms with E-state index >= 15 is 0 Å². The number of amides is 1. The van der Waals surface area contributed by atoms with Crippen molar-refractivity contribution < 1.29 is 23.5 Å². The number of para-hydroxylation sites is 1. The molecule has 5 aromatic rings. The molecule has 3 aromatic heterocycles. The smallest absolute Gasteiger partial charge is 0.359 e. The molecule has 0 aliphatic rings. The van der Waals surface area contributed by atoms with Crippen LogP contribution < -0.4 is 15.6 Å². The molecule has 0 aliphatic heterocycles. The Balaban J connectivity index is 1.64. The van der Waals surface area contributed by atoms with Crippen molar-refractivity contribution in [3.63, 3.8) is 0 Å². The number of rotatable bonds is 6. The van der Waals surface area contributed by atoms with Crippen molar-refractivity contribution in [3.05, 3.63) is 81.8 Å². The zero-order valence-electron chi connectivity index (χ0n) is 18.7. The summed E-state index contributed by atoms with van der Waals surface area (Å²) in [5.74, 6) is -0.591. The minimum atomic E-state index is -0.679. The van der Waals surface area contributed by atoms with Crippen LogP contribution >= 0.6 is 11.3 Å². The summed E-state index contributed by atoms with van der Waals surface area (Å²) in [7, 11) is 1.51. The monoisotopic (exact) mass is 489 g/mol. The molecule has 3 heterocycles. The molecule has 1 amide bonds. The Labute approximate surface area is 202 Å². The zero-order chi connectivity index (χ0) is 24.5. The number of esters is 1. The van der Waals surface area contributed by atoms with Gasteiger partial charge in [-0.1, -0.05) is 24.3 Å². The van der Waals surface area contributed by atoms with E-state index in [1.165, 1.54) is 7.11 Å². The number of anilines is 1. The lowest BCUT2D eigenvalue weighted by molar-refractivity contribution is 0.0520. The summed E-state index contributed by atoms with van der Waals surface area (Å²) in [5, 5.41) is 10.1. The van der Waals surface area contributed by atoms with E-state index in [4.69, 9.17) is 13.9 Å². The zero-order valence-corrected chi connectivity index (χ0v) is 19.5. The second kappa shape index (κ2) is 9.07. The largest absolute Gasteiger partial charge is 0.497 e. The topological polar surface area (TPSA) is 113 Å². The maximum Gasteiger partial charge on any atom is 0.359 e. The quantitative estimate of drug-likeness (QED) is 0.346. The van der Waals surface area contributed by atoms with E-state index in [2.05, 4.69) is 10.4 Å². The van der Waals surface area contributed by atoms with E-state index < -0.39 is 17.4 Å². The molecule has 35 heavy (non-hydrogen) atoms. The number of nitrogens with one attached hydrogen (secondary N) is 1. The van der Waals surface area contributed by atoms with Crippen molar-refractivity contribution in [3.8, 4) is 11.4 Å². The fourth-order valence-electron chi connectivity index (χ4n) is 3.67. The van der Waals surface area contributed by atoms with Gasteiger partial charge >= 0.3 is 5.97 Å². The SMILES string of the molecule is CCOC(=O)c1nn(-c2cccc(OC)c2)c(=O)c2c(NC(=O)c3cc4ccccc4o3)scc12. The molecular formula is C25H19N3O6S. The number of ether oxygens (including phenoxy) is 2. The third-order valence-corrected chi connectivity index (χ3v) is 6.19. The highest BCUT2D eigenvalue weighted by molar-refractivity contribution is 7.16. The van der Waals surface area contributed by atoms with E-state index in [0.29, 0.717) is 17.0 Å². The van der Waals surface area contributed by atoms with Crippen molar-refractivity contribution in [1.29, 1.82) is 0 Å². The molecule has 10 heteroatoms. The van der Waals surface area contributed by atoms with E-state index in [1.807, 2.05) is 18.2 Å². The first-order chi connectivity index (χ1) is 17.0. The fourth-order valence-corrected chi connectivity index (χ4v) is 4.60. The molecule has 0 spiro atoms. The molecular weight excluding hydrogens is 470 g/mol. The van der Waals surface area contributed by atoms with Gasteiger partial charge < -0.3 is 19.2 Å². The number of nitrogens with zero attached hydrogens (tertiary/aromatic N) is 2. The van der Waals surface area contributed by atoms with Gasteiger partial charge in [0.1, 0.15) is 16.3 Å². The lowest BCUT2D eigenvalue weighted by Crippen LogP contribution is -2.25. The summed E-state index contributed by atoms with van der Waals surface area (Å²) in [6.07, 6.45) is 0. The highest BCUT2D eigenvalue weighted by Crippen LogP contribution is 2.32. The Morgan fingerprint density at radius 1 is 1.14 bits per heavy atom. The van der Waals surface area contributed by atoms with Crippen LogP contribution in [0.25, 0.3) is 27.4 Å². The number of hydrogen-bond donors (Lipinski definition) is 1. The number of thiophene rings is 1. The predicted octanol–water partition coefficient (Wildman–Crippen LogP) is 4.63. The molecule has 176 valence electrons. The highest BCUT2D eigenvalue weighted by Gasteiger charge is 2.24. The van der Waals surface area contributed by atoms with Crippen LogP contribution in [0.3, 0.4) is 0 Å². The summed E-state index contributed by atoms with van der Waals surface area (Å²) in [6, 6.07) is 15.6.